The quantitative estimate of drug-likeness (QED) is 0.822. The molecule has 1 aromatic rings. The van der Waals surface area contributed by atoms with E-state index in [4.69, 9.17) is 11.6 Å². The Hall–Kier alpha value is -0.670. The lowest BCUT2D eigenvalue weighted by Gasteiger charge is -2.27. The first-order valence-electron chi connectivity index (χ1n) is 6.45. The van der Waals surface area contributed by atoms with Crippen molar-refractivity contribution in [1.29, 1.82) is 0 Å². The summed E-state index contributed by atoms with van der Waals surface area (Å²) in [7, 11) is 0. The number of alkyl halides is 1. The van der Waals surface area contributed by atoms with Gasteiger partial charge in [-0.2, -0.15) is 0 Å². The highest BCUT2D eigenvalue weighted by Crippen LogP contribution is 2.28. The lowest BCUT2D eigenvalue weighted by Crippen LogP contribution is -2.31. The zero-order valence-electron chi connectivity index (χ0n) is 10.3. The molecule has 0 spiro atoms. The smallest absolute Gasteiger partial charge is 0.130 e. The van der Waals surface area contributed by atoms with E-state index >= 15 is 0 Å². The van der Waals surface area contributed by atoms with Gasteiger partial charge in [0.05, 0.1) is 0 Å². The Kier molecular flexibility index (Phi) is 4.95. The molecule has 0 heterocycles. The molecule has 1 nitrogen and oxygen atoms in total. The number of benzene rings is 1. The van der Waals surface area contributed by atoms with Crippen molar-refractivity contribution in [2.24, 2.45) is 5.92 Å². The highest BCUT2D eigenvalue weighted by Gasteiger charge is 2.22. The highest BCUT2D eigenvalue weighted by molar-refractivity contribution is 6.20. The van der Waals surface area contributed by atoms with Gasteiger partial charge in [-0.05, 0) is 31.4 Å². The minimum atomic E-state index is -0.538. The second-order valence-electron chi connectivity index (χ2n) is 4.93. The molecule has 0 aromatic heterocycles. The number of hydrogen-bond acceptors (Lipinski definition) is 1. The van der Waals surface area contributed by atoms with Crippen molar-refractivity contribution in [3.63, 3.8) is 0 Å². The summed E-state index contributed by atoms with van der Waals surface area (Å²) in [6.07, 6.45) is 4.63. The van der Waals surface area contributed by atoms with Crippen molar-refractivity contribution in [2.75, 3.05) is 6.54 Å². The second-order valence-corrected chi connectivity index (χ2v) is 5.49. The van der Waals surface area contributed by atoms with E-state index in [1.807, 2.05) is 0 Å². The molecular formula is C14H18ClF2N. The van der Waals surface area contributed by atoms with Crippen LogP contribution in [0.25, 0.3) is 0 Å². The highest BCUT2D eigenvalue weighted by atomic mass is 35.5. The van der Waals surface area contributed by atoms with Crippen LogP contribution in [-0.4, -0.2) is 11.9 Å². The Balaban J connectivity index is 1.81. The molecular weight excluding hydrogens is 256 g/mol. The fraction of sp³-hybridized carbons (Fsp3) is 0.571. The number of rotatable bonds is 4. The van der Waals surface area contributed by atoms with E-state index in [9.17, 15) is 8.78 Å². The molecule has 0 radical (unpaired) electrons. The molecule has 1 saturated carbocycles. The maximum atomic E-state index is 13.4. The first-order chi connectivity index (χ1) is 8.66. The van der Waals surface area contributed by atoms with E-state index in [1.54, 1.807) is 0 Å². The van der Waals surface area contributed by atoms with Crippen LogP contribution in [0.4, 0.5) is 8.78 Å². The average molecular weight is 274 g/mol. The molecule has 2 atom stereocenters. The van der Waals surface area contributed by atoms with Crippen LogP contribution in [0.2, 0.25) is 0 Å². The van der Waals surface area contributed by atoms with Gasteiger partial charge < -0.3 is 5.32 Å². The molecule has 0 bridgehead atoms. The molecule has 4 heteroatoms. The summed E-state index contributed by atoms with van der Waals surface area (Å²) in [4.78, 5) is 0. The molecule has 1 N–H and O–H groups in total. The number of hydrogen-bond donors (Lipinski definition) is 1. The third kappa shape index (κ3) is 3.66. The van der Waals surface area contributed by atoms with Crippen LogP contribution in [-0.2, 0) is 6.54 Å². The predicted molar refractivity (Wildman–Crippen MR) is 69.7 cm³/mol. The summed E-state index contributed by atoms with van der Waals surface area (Å²) in [5.41, 5.74) is 0.498. The van der Waals surface area contributed by atoms with Crippen molar-refractivity contribution >= 4 is 11.6 Å². The standard InChI is InChI=1S/C14H18ClF2N/c15-13-4-2-1-3-10(13)8-18-9-11-5-6-12(16)7-14(11)17/h5-7,10,13,18H,1-4,8-9H2. The predicted octanol–water partition coefficient (Wildman–Crippen LogP) is 3.85. The van der Waals surface area contributed by atoms with Crippen LogP contribution >= 0.6 is 11.6 Å². The largest absolute Gasteiger partial charge is 0.312 e. The third-order valence-electron chi connectivity index (χ3n) is 3.55. The lowest BCUT2D eigenvalue weighted by molar-refractivity contribution is 0.347. The molecule has 100 valence electrons. The molecule has 0 amide bonds. The SMILES string of the molecule is Fc1ccc(CNCC2CCCCC2Cl)c(F)c1. The maximum Gasteiger partial charge on any atom is 0.130 e. The summed E-state index contributed by atoms with van der Waals surface area (Å²) in [5, 5.41) is 3.44. The first kappa shape index (κ1) is 13.8. The summed E-state index contributed by atoms with van der Waals surface area (Å²) in [6.45, 7) is 1.22. The second kappa shape index (κ2) is 6.48. The van der Waals surface area contributed by atoms with Crippen LogP contribution in [0.15, 0.2) is 18.2 Å². The number of nitrogens with one attached hydrogen (secondary N) is 1. The van der Waals surface area contributed by atoms with Gasteiger partial charge in [0.2, 0.25) is 0 Å². The fourth-order valence-corrected chi connectivity index (χ4v) is 2.82. The molecule has 0 aliphatic heterocycles. The maximum absolute atomic E-state index is 13.4. The minimum absolute atomic E-state index is 0.226. The Bertz CT molecular complexity index is 397. The van der Waals surface area contributed by atoms with Gasteiger partial charge in [0.15, 0.2) is 0 Å². The first-order valence-corrected chi connectivity index (χ1v) is 6.89. The fourth-order valence-electron chi connectivity index (χ4n) is 2.45. The Morgan fingerprint density at radius 3 is 2.72 bits per heavy atom. The van der Waals surface area contributed by atoms with Crippen LogP contribution < -0.4 is 5.32 Å². The topological polar surface area (TPSA) is 12.0 Å². The van der Waals surface area contributed by atoms with Crippen molar-refractivity contribution < 1.29 is 8.78 Å². The average Bonchev–Trinajstić information content (AvgIpc) is 2.34. The summed E-state index contributed by atoms with van der Waals surface area (Å²) < 4.78 is 26.1. The summed E-state index contributed by atoms with van der Waals surface area (Å²) >= 11 is 6.25. The van der Waals surface area contributed by atoms with E-state index in [0.29, 0.717) is 18.0 Å². The number of halogens is 3. The normalized spacial score (nSPS) is 24.2. The van der Waals surface area contributed by atoms with Crippen LogP contribution in [0.3, 0.4) is 0 Å². The van der Waals surface area contributed by atoms with Crippen LogP contribution in [0.5, 0.6) is 0 Å². The van der Waals surface area contributed by atoms with Gasteiger partial charge in [0, 0.05) is 23.6 Å². The van der Waals surface area contributed by atoms with E-state index in [1.165, 1.54) is 25.0 Å². The van der Waals surface area contributed by atoms with Gasteiger partial charge in [-0.1, -0.05) is 18.9 Å². The van der Waals surface area contributed by atoms with Gasteiger partial charge in [-0.15, -0.1) is 11.6 Å². The van der Waals surface area contributed by atoms with E-state index < -0.39 is 11.6 Å². The molecule has 1 aromatic carbocycles. The Morgan fingerprint density at radius 2 is 2.00 bits per heavy atom. The van der Waals surface area contributed by atoms with E-state index in [0.717, 1.165) is 25.5 Å². The minimum Gasteiger partial charge on any atom is -0.312 e. The Morgan fingerprint density at radius 1 is 1.22 bits per heavy atom. The zero-order chi connectivity index (χ0) is 13.0. The lowest BCUT2D eigenvalue weighted by atomic mass is 9.89. The van der Waals surface area contributed by atoms with Gasteiger partial charge in [-0.25, -0.2) is 8.78 Å². The molecule has 2 rings (SSSR count). The van der Waals surface area contributed by atoms with Crippen LogP contribution in [0, 0.1) is 17.6 Å². The molecule has 1 fully saturated rings. The van der Waals surface area contributed by atoms with Crippen molar-refractivity contribution in [3.05, 3.63) is 35.4 Å². The molecule has 1 aliphatic rings. The van der Waals surface area contributed by atoms with Crippen molar-refractivity contribution in [1.82, 2.24) is 5.32 Å². The molecule has 18 heavy (non-hydrogen) atoms. The zero-order valence-corrected chi connectivity index (χ0v) is 11.0. The van der Waals surface area contributed by atoms with E-state index in [-0.39, 0.29) is 5.38 Å². The van der Waals surface area contributed by atoms with Crippen LogP contribution in [0.1, 0.15) is 31.2 Å². The summed E-state index contributed by atoms with van der Waals surface area (Å²) in [5.74, 6) is -0.568. The summed E-state index contributed by atoms with van der Waals surface area (Å²) in [6, 6.07) is 3.68. The monoisotopic (exact) mass is 273 g/mol. The van der Waals surface area contributed by atoms with Gasteiger partial charge in [0.1, 0.15) is 11.6 Å². The van der Waals surface area contributed by atoms with Gasteiger partial charge >= 0.3 is 0 Å². The molecule has 2 unspecified atom stereocenters. The Labute approximate surface area is 112 Å². The third-order valence-corrected chi connectivity index (χ3v) is 4.13. The van der Waals surface area contributed by atoms with Gasteiger partial charge in [0.25, 0.3) is 0 Å². The van der Waals surface area contributed by atoms with Crippen molar-refractivity contribution in [2.45, 2.75) is 37.6 Å². The van der Waals surface area contributed by atoms with Crippen molar-refractivity contribution in [3.8, 4) is 0 Å². The van der Waals surface area contributed by atoms with Gasteiger partial charge in [-0.3, -0.25) is 0 Å². The molecule has 1 aliphatic carbocycles. The molecule has 0 saturated heterocycles. The van der Waals surface area contributed by atoms with E-state index in [2.05, 4.69) is 5.32 Å².